The van der Waals surface area contributed by atoms with Crippen LogP contribution in [0.4, 0.5) is 5.69 Å². The van der Waals surface area contributed by atoms with E-state index in [0.29, 0.717) is 6.04 Å². The maximum atomic E-state index is 5.34. The molecule has 2 aromatic carbocycles. The van der Waals surface area contributed by atoms with Crippen LogP contribution in [0.15, 0.2) is 45.3 Å². The summed E-state index contributed by atoms with van der Waals surface area (Å²) in [5.41, 5.74) is 3.92. The summed E-state index contributed by atoms with van der Waals surface area (Å²) in [6, 6.07) is 13.0. The van der Waals surface area contributed by atoms with Gasteiger partial charge in [-0.3, -0.25) is 0 Å². The van der Waals surface area contributed by atoms with Gasteiger partial charge in [0.25, 0.3) is 0 Å². The summed E-state index contributed by atoms with van der Waals surface area (Å²) in [7, 11) is 1.69. The van der Waals surface area contributed by atoms with E-state index in [1.165, 1.54) is 11.1 Å². The van der Waals surface area contributed by atoms with Gasteiger partial charge in [0.1, 0.15) is 5.75 Å². The molecular formula is C16H15Br2NO. The number of benzene rings is 2. The topological polar surface area (TPSA) is 21.3 Å². The number of hydrogen-bond donors (Lipinski definition) is 1. The molecule has 20 heavy (non-hydrogen) atoms. The van der Waals surface area contributed by atoms with Gasteiger partial charge in [-0.1, -0.05) is 22.0 Å². The highest BCUT2D eigenvalue weighted by atomic mass is 79.9. The van der Waals surface area contributed by atoms with Crippen LogP contribution in [-0.2, 0) is 6.42 Å². The lowest BCUT2D eigenvalue weighted by atomic mass is 10.1. The molecule has 0 spiro atoms. The quantitative estimate of drug-likeness (QED) is 0.757. The van der Waals surface area contributed by atoms with E-state index in [0.717, 1.165) is 33.2 Å². The Morgan fingerprint density at radius 3 is 2.80 bits per heavy atom. The number of aryl methyl sites for hydroxylation is 1. The molecule has 4 heteroatoms. The second-order valence-corrected chi connectivity index (χ2v) is 6.70. The predicted molar refractivity (Wildman–Crippen MR) is 89.5 cm³/mol. The monoisotopic (exact) mass is 395 g/mol. The van der Waals surface area contributed by atoms with Crippen molar-refractivity contribution in [1.82, 2.24) is 0 Å². The fourth-order valence-electron chi connectivity index (χ4n) is 2.69. The normalized spacial score (nSPS) is 16.9. The van der Waals surface area contributed by atoms with Crippen LogP contribution in [0, 0.1) is 0 Å². The standard InChI is InChI=1S/C16H15Br2NO/c1-20-16-9-12(4-6-14(16)18)19-15-7-2-10-8-11(17)3-5-13(10)15/h3-6,8-9,15,19H,2,7H2,1H3. The van der Waals surface area contributed by atoms with Crippen molar-refractivity contribution in [3.05, 3.63) is 56.5 Å². The molecule has 0 bridgehead atoms. The van der Waals surface area contributed by atoms with Crippen molar-refractivity contribution in [3.8, 4) is 5.75 Å². The summed E-state index contributed by atoms with van der Waals surface area (Å²) in [6.07, 6.45) is 2.25. The number of halogens is 2. The molecule has 0 aromatic heterocycles. The first-order chi connectivity index (χ1) is 9.67. The molecule has 0 fully saturated rings. The van der Waals surface area contributed by atoms with E-state index in [1.54, 1.807) is 7.11 Å². The average Bonchev–Trinajstić information content (AvgIpc) is 2.83. The van der Waals surface area contributed by atoms with Gasteiger partial charge in [-0.2, -0.15) is 0 Å². The number of anilines is 1. The van der Waals surface area contributed by atoms with Crippen molar-refractivity contribution in [2.75, 3.05) is 12.4 Å². The van der Waals surface area contributed by atoms with Crippen LogP contribution in [0.25, 0.3) is 0 Å². The van der Waals surface area contributed by atoms with Crippen LogP contribution in [0.3, 0.4) is 0 Å². The molecule has 1 aliphatic rings. The molecule has 1 aliphatic carbocycles. The Hall–Kier alpha value is -1.00. The summed E-state index contributed by atoms with van der Waals surface area (Å²) >= 11 is 7.02. The number of ether oxygens (including phenoxy) is 1. The Morgan fingerprint density at radius 2 is 2.00 bits per heavy atom. The van der Waals surface area contributed by atoms with Gasteiger partial charge >= 0.3 is 0 Å². The van der Waals surface area contributed by atoms with Gasteiger partial charge in [0.2, 0.25) is 0 Å². The van der Waals surface area contributed by atoms with E-state index in [1.807, 2.05) is 12.1 Å². The lowest BCUT2D eigenvalue weighted by Gasteiger charge is -2.16. The highest BCUT2D eigenvalue weighted by Gasteiger charge is 2.22. The zero-order valence-electron chi connectivity index (χ0n) is 11.1. The molecule has 3 rings (SSSR count). The van der Waals surface area contributed by atoms with Gasteiger partial charge in [0.15, 0.2) is 0 Å². The Balaban J connectivity index is 1.84. The summed E-state index contributed by atoms with van der Waals surface area (Å²) in [4.78, 5) is 0. The van der Waals surface area contributed by atoms with Crippen LogP contribution in [-0.4, -0.2) is 7.11 Å². The first kappa shape index (κ1) is 14.0. The van der Waals surface area contributed by atoms with E-state index in [-0.39, 0.29) is 0 Å². The van der Waals surface area contributed by atoms with Crippen molar-refractivity contribution < 1.29 is 4.74 Å². The van der Waals surface area contributed by atoms with E-state index in [2.05, 4.69) is 61.4 Å². The van der Waals surface area contributed by atoms with Gasteiger partial charge in [-0.25, -0.2) is 0 Å². The summed E-state index contributed by atoms with van der Waals surface area (Å²) in [5, 5.41) is 3.60. The van der Waals surface area contributed by atoms with Crippen molar-refractivity contribution in [2.24, 2.45) is 0 Å². The number of rotatable bonds is 3. The summed E-state index contributed by atoms with van der Waals surface area (Å²) in [5.74, 6) is 0.851. The average molecular weight is 397 g/mol. The summed E-state index contributed by atoms with van der Waals surface area (Å²) in [6.45, 7) is 0. The molecule has 2 aromatic rings. The maximum absolute atomic E-state index is 5.34. The molecule has 1 N–H and O–H groups in total. The van der Waals surface area contributed by atoms with Gasteiger partial charge in [-0.15, -0.1) is 0 Å². The predicted octanol–water partition coefficient (Wildman–Crippen LogP) is 5.32. The van der Waals surface area contributed by atoms with Gasteiger partial charge in [0, 0.05) is 16.2 Å². The highest BCUT2D eigenvalue weighted by Crippen LogP contribution is 2.36. The fourth-order valence-corrected chi connectivity index (χ4v) is 3.50. The lowest BCUT2D eigenvalue weighted by molar-refractivity contribution is 0.412. The first-order valence-corrected chi connectivity index (χ1v) is 8.14. The van der Waals surface area contributed by atoms with Crippen LogP contribution in [0.5, 0.6) is 5.75 Å². The Morgan fingerprint density at radius 1 is 1.15 bits per heavy atom. The first-order valence-electron chi connectivity index (χ1n) is 6.56. The second-order valence-electron chi connectivity index (χ2n) is 4.93. The van der Waals surface area contributed by atoms with Gasteiger partial charge < -0.3 is 10.1 Å². The van der Waals surface area contributed by atoms with E-state index >= 15 is 0 Å². The fraction of sp³-hybridized carbons (Fsp3) is 0.250. The van der Waals surface area contributed by atoms with E-state index in [9.17, 15) is 0 Å². The number of fused-ring (bicyclic) bond motifs is 1. The van der Waals surface area contributed by atoms with E-state index < -0.39 is 0 Å². The van der Waals surface area contributed by atoms with E-state index in [4.69, 9.17) is 4.74 Å². The minimum atomic E-state index is 0.379. The summed E-state index contributed by atoms with van der Waals surface area (Å²) < 4.78 is 7.47. The molecule has 0 heterocycles. The van der Waals surface area contributed by atoms with Crippen LogP contribution in [0.1, 0.15) is 23.6 Å². The van der Waals surface area contributed by atoms with Crippen molar-refractivity contribution in [1.29, 1.82) is 0 Å². The van der Waals surface area contributed by atoms with Crippen LogP contribution >= 0.6 is 31.9 Å². The number of hydrogen-bond acceptors (Lipinski definition) is 2. The zero-order chi connectivity index (χ0) is 14.1. The number of methoxy groups -OCH3 is 1. The largest absolute Gasteiger partial charge is 0.495 e. The zero-order valence-corrected chi connectivity index (χ0v) is 14.3. The van der Waals surface area contributed by atoms with Crippen molar-refractivity contribution >= 4 is 37.5 Å². The third kappa shape index (κ3) is 2.72. The van der Waals surface area contributed by atoms with Gasteiger partial charge in [-0.05, 0) is 64.2 Å². The minimum Gasteiger partial charge on any atom is -0.495 e. The maximum Gasteiger partial charge on any atom is 0.135 e. The molecule has 0 aliphatic heterocycles. The smallest absolute Gasteiger partial charge is 0.135 e. The van der Waals surface area contributed by atoms with Crippen LogP contribution < -0.4 is 10.1 Å². The Labute approximate surface area is 135 Å². The lowest BCUT2D eigenvalue weighted by Crippen LogP contribution is -2.07. The van der Waals surface area contributed by atoms with Crippen molar-refractivity contribution in [3.63, 3.8) is 0 Å². The molecular weight excluding hydrogens is 382 g/mol. The second kappa shape index (κ2) is 5.78. The third-order valence-electron chi connectivity index (χ3n) is 3.67. The molecule has 0 amide bonds. The molecule has 1 unspecified atom stereocenters. The van der Waals surface area contributed by atoms with Gasteiger partial charge in [0.05, 0.1) is 17.6 Å². The Bertz CT molecular complexity index is 642. The molecule has 2 nitrogen and oxygen atoms in total. The molecule has 0 radical (unpaired) electrons. The molecule has 0 saturated carbocycles. The minimum absolute atomic E-state index is 0.379. The molecule has 104 valence electrons. The highest BCUT2D eigenvalue weighted by molar-refractivity contribution is 9.10. The SMILES string of the molecule is COc1cc(NC2CCc3cc(Br)ccc32)ccc1Br. The van der Waals surface area contributed by atoms with Crippen molar-refractivity contribution in [2.45, 2.75) is 18.9 Å². The number of nitrogens with one attached hydrogen (secondary N) is 1. The molecule has 0 saturated heterocycles. The third-order valence-corrected chi connectivity index (χ3v) is 4.82. The Kier molecular flexibility index (Phi) is 4.03. The van der Waals surface area contributed by atoms with Crippen LogP contribution in [0.2, 0.25) is 0 Å². The molecule has 1 atom stereocenters.